The molecule has 206 valence electrons. The van der Waals surface area contributed by atoms with E-state index in [9.17, 15) is 14.7 Å². The van der Waals surface area contributed by atoms with Gasteiger partial charge in [-0.3, -0.25) is 4.79 Å². The molecule has 0 aliphatic carbocycles. The number of carbonyl (C=O) groups is 2. The lowest BCUT2D eigenvalue weighted by Crippen LogP contribution is -2.14. The molecule has 4 aromatic rings. The number of ether oxygens (including phenoxy) is 5. The van der Waals surface area contributed by atoms with Crippen LogP contribution in [0.25, 0.3) is 16.6 Å². The summed E-state index contributed by atoms with van der Waals surface area (Å²) in [6.45, 7) is 0.949. The SMILES string of the molecule is COc1cc(CC(C(=O)c2ccc3c(c2)OCCCO3)=C(C(=O)O)c2ccc3nsnc3c2)cc(OC)c1OC. The molecule has 2 heterocycles. The Labute approximate surface area is 234 Å². The van der Waals surface area contributed by atoms with Crippen LogP contribution in [0.4, 0.5) is 0 Å². The van der Waals surface area contributed by atoms with E-state index in [1.165, 1.54) is 21.3 Å². The number of allylic oxidation sites excluding steroid dienone is 1. The number of carboxylic acids is 1. The summed E-state index contributed by atoms with van der Waals surface area (Å²) < 4.78 is 36.3. The number of hydrogen-bond acceptors (Lipinski definition) is 10. The maximum Gasteiger partial charge on any atom is 0.336 e. The molecule has 1 aliphatic heterocycles. The fourth-order valence-electron chi connectivity index (χ4n) is 4.57. The second-order valence-corrected chi connectivity index (χ2v) is 9.41. The van der Waals surface area contributed by atoms with E-state index in [1.807, 2.05) is 0 Å². The summed E-state index contributed by atoms with van der Waals surface area (Å²) in [4.78, 5) is 27.0. The molecule has 0 bridgehead atoms. The fraction of sp³-hybridized carbons (Fsp3) is 0.241. The molecule has 0 atom stereocenters. The number of aliphatic carboxylic acids is 1. The van der Waals surface area contributed by atoms with Gasteiger partial charge in [0.25, 0.3) is 0 Å². The lowest BCUT2D eigenvalue weighted by atomic mass is 9.89. The van der Waals surface area contributed by atoms with Gasteiger partial charge in [-0.15, -0.1) is 0 Å². The molecule has 0 saturated heterocycles. The van der Waals surface area contributed by atoms with Gasteiger partial charge in [-0.1, -0.05) is 6.07 Å². The highest BCUT2D eigenvalue weighted by molar-refractivity contribution is 7.00. The van der Waals surface area contributed by atoms with Crippen molar-refractivity contribution in [3.05, 3.63) is 70.8 Å². The first kappa shape index (κ1) is 26.9. The molecule has 0 radical (unpaired) electrons. The molecule has 0 unspecified atom stereocenters. The number of rotatable bonds is 9. The molecule has 10 nitrogen and oxygen atoms in total. The van der Waals surface area contributed by atoms with E-state index in [0.717, 1.165) is 11.7 Å². The maximum atomic E-state index is 14.2. The van der Waals surface area contributed by atoms with Crippen LogP contribution in [0.2, 0.25) is 0 Å². The Kier molecular flexibility index (Phi) is 7.83. The van der Waals surface area contributed by atoms with Crippen molar-refractivity contribution in [1.82, 2.24) is 8.75 Å². The largest absolute Gasteiger partial charge is 0.493 e. The quantitative estimate of drug-likeness (QED) is 0.224. The lowest BCUT2D eigenvalue weighted by Gasteiger charge is -2.17. The van der Waals surface area contributed by atoms with Gasteiger partial charge in [-0.25, -0.2) is 4.79 Å². The first-order chi connectivity index (χ1) is 19.4. The molecule has 0 fully saturated rings. The Morgan fingerprint density at radius 1 is 0.850 bits per heavy atom. The zero-order valence-corrected chi connectivity index (χ0v) is 22.9. The van der Waals surface area contributed by atoms with Crippen molar-refractivity contribution in [2.45, 2.75) is 12.8 Å². The molecule has 1 aromatic heterocycles. The molecular weight excluding hydrogens is 536 g/mol. The van der Waals surface area contributed by atoms with Crippen LogP contribution in [0, 0.1) is 0 Å². The highest BCUT2D eigenvalue weighted by atomic mass is 32.1. The van der Waals surface area contributed by atoms with Gasteiger partial charge >= 0.3 is 5.97 Å². The lowest BCUT2D eigenvalue weighted by molar-refractivity contribution is -0.130. The summed E-state index contributed by atoms with van der Waals surface area (Å²) in [6.07, 6.45) is 0.667. The maximum absolute atomic E-state index is 14.2. The van der Waals surface area contributed by atoms with Gasteiger partial charge in [0, 0.05) is 24.0 Å². The van der Waals surface area contributed by atoms with Crippen LogP contribution in [0.15, 0.2) is 54.1 Å². The van der Waals surface area contributed by atoms with Crippen LogP contribution in [0.3, 0.4) is 0 Å². The van der Waals surface area contributed by atoms with Crippen LogP contribution in [-0.2, 0) is 11.2 Å². The summed E-state index contributed by atoms with van der Waals surface area (Å²) in [5, 5.41) is 10.4. The first-order valence-electron chi connectivity index (χ1n) is 12.4. The average Bonchev–Trinajstić information content (AvgIpc) is 3.31. The van der Waals surface area contributed by atoms with Crippen LogP contribution in [0.1, 0.15) is 27.9 Å². The Morgan fingerprint density at radius 3 is 2.20 bits per heavy atom. The normalized spacial score (nSPS) is 13.3. The number of methoxy groups -OCH3 is 3. The number of benzene rings is 3. The van der Waals surface area contributed by atoms with E-state index in [-0.39, 0.29) is 23.1 Å². The Hall–Kier alpha value is -4.64. The Bertz CT molecular complexity index is 1600. The van der Waals surface area contributed by atoms with Crippen LogP contribution in [0.5, 0.6) is 28.7 Å². The molecule has 40 heavy (non-hydrogen) atoms. The minimum atomic E-state index is -1.26. The van der Waals surface area contributed by atoms with E-state index >= 15 is 0 Å². The summed E-state index contributed by atoms with van der Waals surface area (Å²) in [6, 6.07) is 13.2. The van der Waals surface area contributed by atoms with Crippen molar-refractivity contribution in [2.75, 3.05) is 34.5 Å². The number of ketones is 1. The van der Waals surface area contributed by atoms with Crippen molar-refractivity contribution >= 4 is 40.1 Å². The van der Waals surface area contributed by atoms with Crippen LogP contribution >= 0.6 is 11.7 Å². The average molecular weight is 563 g/mol. The molecule has 1 aliphatic rings. The third-order valence-corrected chi connectivity index (χ3v) is 7.00. The van der Waals surface area contributed by atoms with Crippen molar-refractivity contribution in [2.24, 2.45) is 0 Å². The number of nitrogens with zero attached hydrogens (tertiary/aromatic N) is 2. The van der Waals surface area contributed by atoms with Gasteiger partial charge in [0.15, 0.2) is 28.8 Å². The van der Waals surface area contributed by atoms with Gasteiger partial charge in [-0.2, -0.15) is 8.75 Å². The standard InChI is InChI=1S/C29H26N2O8S/c1-35-24-12-16(13-25(36-2)28(24)37-3)11-19(26(29(33)34)17-5-7-20-21(14-17)31-40-30-20)27(32)18-6-8-22-23(15-18)39-10-4-9-38-22/h5-8,12-15H,4,9-11H2,1-3H3,(H,33,34). The van der Waals surface area contributed by atoms with Gasteiger partial charge in [0.2, 0.25) is 5.75 Å². The van der Waals surface area contributed by atoms with E-state index in [0.29, 0.717) is 70.5 Å². The number of carboxylic acid groups (broad SMARTS) is 1. The summed E-state index contributed by atoms with van der Waals surface area (Å²) in [5.74, 6) is 0.378. The van der Waals surface area contributed by atoms with Crippen molar-refractivity contribution in [1.29, 1.82) is 0 Å². The number of Topliss-reactive ketones (excluding diaryl/α,β-unsaturated/α-hetero) is 1. The topological polar surface area (TPSA) is 126 Å². The summed E-state index contributed by atoms with van der Waals surface area (Å²) in [5.41, 5.74) is 2.26. The van der Waals surface area contributed by atoms with Gasteiger partial charge in [-0.05, 0) is 53.6 Å². The highest BCUT2D eigenvalue weighted by Gasteiger charge is 2.26. The van der Waals surface area contributed by atoms with Crippen molar-refractivity contribution < 1.29 is 38.4 Å². The zero-order valence-electron chi connectivity index (χ0n) is 22.1. The molecule has 5 rings (SSSR count). The van der Waals surface area contributed by atoms with E-state index < -0.39 is 11.8 Å². The third-order valence-electron chi connectivity index (χ3n) is 6.45. The number of fused-ring (bicyclic) bond motifs is 2. The van der Waals surface area contributed by atoms with Gasteiger partial charge in [0.1, 0.15) is 11.0 Å². The first-order valence-corrected chi connectivity index (χ1v) is 13.1. The Morgan fingerprint density at radius 2 is 1.52 bits per heavy atom. The second-order valence-electron chi connectivity index (χ2n) is 8.88. The summed E-state index contributed by atoms with van der Waals surface area (Å²) >= 11 is 1.03. The fourth-order valence-corrected chi connectivity index (χ4v) is 5.08. The second kappa shape index (κ2) is 11.6. The zero-order chi connectivity index (χ0) is 28.2. The third kappa shape index (κ3) is 5.28. The Balaban J connectivity index is 1.69. The van der Waals surface area contributed by atoms with Gasteiger partial charge in [0.05, 0.1) is 51.8 Å². The highest BCUT2D eigenvalue weighted by Crippen LogP contribution is 2.40. The molecule has 0 saturated carbocycles. The smallest absolute Gasteiger partial charge is 0.336 e. The molecule has 11 heteroatoms. The molecule has 0 spiro atoms. The predicted octanol–water partition coefficient (Wildman–Crippen LogP) is 4.84. The minimum Gasteiger partial charge on any atom is -0.493 e. The van der Waals surface area contributed by atoms with E-state index in [4.69, 9.17) is 23.7 Å². The summed E-state index contributed by atoms with van der Waals surface area (Å²) in [7, 11) is 4.46. The van der Waals surface area contributed by atoms with Crippen molar-refractivity contribution in [3.8, 4) is 28.7 Å². The number of aromatic nitrogens is 2. The molecule has 3 aromatic carbocycles. The number of carbonyl (C=O) groups excluding carboxylic acids is 1. The van der Waals surface area contributed by atoms with E-state index in [1.54, 1.807) is 48.5 Å². The predicted molar refractivity (Wildman–Crippen MR) is 148 cm³/mol. The molecule has 1 N–H and O–H groups in total. The van der Waals surface area contributed by atoms with Crippen LogP contribution in [-0.4, -0.2) is 60.1 Å². The minimum absolute atomic E-state index is 0.0427. The van der Waals surface area contributed by atoms with Crippen LogP contribution < -0.4 is 23.7 Å². The van der Waals surface area contributed by atoms with E-state index in [2.05, 4.69) is 8.75 Å². The molecule has 0 amide bonds. The monoisotopic (exact) mass is 562 g/mol. The van der Waals surface area contributed by atoms with Crippen molar-refractivity contribution in [3.63, 3.8) is 0 Å². The number of hydrogen-bond donors (Lipinski definition) is 1. The molecular formula is C29H26N2O8S. The van der Waals surface area contributed by atoms with Gasteiger partial charge < -0.3 is 28.8 Å².